The number of aromatic nitrogens is 1. The predicted molar refractivity (Wildman–Crippen MR) is 130 cm³/mol. The Bertz CT molecular complexity index is 1330. The lowest BCUT2D eigenvalue weighted by Gasteiger charge is -2.34. The molecule has 0 amide bonds. The molecule has 1 aliphatic heterocycles. The Labute approximate surface area is 203 Å². The number of nitrogens with one attached hydrogen (secondary N) is 1. The summed E-state index contributed by atoms with van der Waals surface area (Å²) in [6.45, 7) is 1.89. The van der Waals surface area contributed by atoms with Gasteiger partial charge in [0.2, 0.25) is 5.88 Å². The number of benzene rings is 2. The largest absolute Gasteiger partial charge is 0.493 e. The highest BCUT2D eigenvalue weighted by molar-refractivity contribution is 6.01. The van der Waals surface area contributed by atoms with Crippen molar-refractivity contribution >= 4 is 11.7 Å². The van der Waals surface area contributed by atoms with E-state index in [9.17, 15) is 4.79 Å². The van der Waals surface area contributed by atoms with Crippen LogP contribution < -0.4 is 24.3 Å². The number of nitrogens with zero attached hydrogens (tertiary/aromatic N) is 1. The van der Waals surface area contributed by atoms with Crippen molar-refractivity contribution in [3.63, 3.8) is 0 Å². The van der Waals surface area contributed by atoms with Gasteiger partial charge in [-0.3, -0.25) is 4.79 Å². The van der Waals surface area contributed by atoms with Crippen LogP contribution in [0.4, 0.5) is 5.88 Å². The summed E-state index contributed by atoms with van der Waals surface area (Å²) >= 11 is 0. The van der Waals surface area contributed by atoms with Gasteiger partial charge in [-0.25, -0.2) is 0 Å². The number of fused-ring (bicyclic) bond motifs is 1. The number of anilines is 1. The molecule has 3 aromatic rings. The molecule has 0 spiro atoms. The summed E-state index contributed by atoms with van der Waals surface area (Å²) in [7, 11) is 6.42. The Kier molecular flexibility index (Phi) is 5.88. The molecule has 0 fully saturated rings. The first-order valence-corrected chi connectivity index (χ1v) is 11.4. The number of hydrogen-bond acceptors (Lipinski definition) is 8. The van der Waals surface area contributed by atoms with Crippen LogP contribution >= 0.6 is 0 Å². The van der Waals surface area contributed by atoms with Crippen molar-refractivity contribution in [2.24, 2.45) is 0 Å². The first-order valence-electron chi connectivity index (χ1n) is 11.4. The Morgan fingerprint density at radius 1 is 0.857 bits per heavy atom. The van der Waals surface area contributed by atoms with E-state index in [-0.39, 0.29) is 17.6 Å². The van der Waals surface area contributed by atoms with E-state index in [0.29, 0.717) is 41.7 Å². The number of carbonyl (C=O) groups excluding carboxylic acids is 1. The molecule has 8 heteroatoms. The summed E-state index contributed by atoms with van der Waals surface area (Å²) in [4.78, 5) is 13.7. The topological polar surface area (TPSA) is 92.1 Å². The maximum absolute atomic E-state index is 13.7. The molecule has 0 saturated carbocycles. The first kappa shape index (κ1) is 22.8. The lowest BCUT2D eigenvalue weighted by Crippen LogP contribution is -2.29. The molecular weight excluding hydrogens is 448 g/mol. The van der Waals surface area contributed by atoms with Crippen LogP contribution in [0.5, 0.6) is 23.0 Å². The zero-order chi connectivity index (χ0) is 24.7. The van der Waals surface area contributed by atoms with Gasteiger partial charge in [0.25, 0.3) is 0 Å². The van der Waals surface area contributed by atoms with Gasteiger partial charge in [0.1, 0.15) is 0 Å². The maximum Gasteiger partial charge on any atom is 0.233 e. The molecule has 35 heavy (non-hydrogen) atoms. The van der Waals surface area contributed by atoms with Crippen LogP contribution in [0.2, 0.25) is 0 Å². The summed E-state index contributed by atoms with van der Waals surface area (Å²) in [6.07, 6.45) is 1.04. The predicted octanol–water partition coefficient (Wildman–Crippen LogP) is 4.98. The van der Waals surface area contributed by atoms with Crippen molar-refractivity contribution in [3.05, 3.63) is 70.1 Å². The molecule has 2 aliphatic rings. The van der Waals surface area contributed by atoms with E-state index >= 15 is 0 Å². The summed E-state index contributed by atoms with van der Waals surface area (Å²) < 4.78 is 27.4. The van der Waals surface area contributed by atoms with Crippen molar-refractivity contribution in [1.29, 1.82) is 0 Å². The number of ether oxygens (including phenoxy) is 4. The van der Waals surface area contributed by atoms with Crippen molar-refractivity contribution < 1.29 is 28.3 Å². The van der Waals surface area contributed by atoms with E-state index in [2.05, 4.69) is 10.5 Å². The monoisotopic (exact) mass is 476 g/mol. The number of aryl methyl sites for hydroxylation is 1. The number of allylic oxidation sites excluding steroid dienone is 2. The molecule has 1 aromatic heterocycles. The summed E-state index contributed by atoms with van der Waals surface area (Å²) in [6, 6.07) is 11.6. The molecule has 2 heterocycles. The second kappa shape index (κ2) is 9.02. The van der Waals surface area contributed by atoms with Gasteiger partial charge in [0.15, 0.2) is 28.8 Å². The standard InChI is InChI=1S/C27H28N2O6/c1-14-24-25(16-7-9-21(32-3)23(13-16)34-5)26-18(28-27(24)35-29-14)10-17(11-19(26)30)15-6-8-20(31-2)22(12-15)33-4/h6-9,12-13,17,25,28H,10-11H2,1-5H3. The number of hydrogen-bond donors (Lipinski definition) is 1. The zero-order valence-corrected chi connectivity index (χ0v) is 20.4. The van der Waals surface area contributed by atoms with Gasteiger partial charge in [-0.2, -0.15) is 0 Å². The minimum absolute atomic E-state index is 0.00909. The number of ketones is 1. The molecule has 1 aliphatic carbocycles. The van der Waals surface area contributed by atoms with Gasteiger partial charge in [-0.15, -0.1) is 0 Å². The van der Waals surface area contributed by atoms with Gasteiger partial charge >= 0.3 is 0 Å². The molecule has 2 aromatic carbocycles. The highest BCUT2D eigenvalue weighted by Gasteiger charge is 2.41. The van der Waals surface area contributed by atoms with Gasteiger partial charge in [-0.1, -0.05) is 17.3 Å². The summed E-state index contributed by atoms with van der Waals surface area (Å²) in [5.41, 5.74) is 5.15. The summed E-state index contributed by atoms with van der Waals surface area (Å²) in [5, 5.41) is 7.56. The fourth-order valence-corrected chi connectivity index (χ4v) is 5.18. The van der Waals surface area contributed by atoms with Crippen molar-refractivity contribution in [1.82, 2.24) is 5.16 Å². The molecule has 0 radical (unpaired) electrons. The molecular formula is C27H28N2O6. The SMILES string of the molecule is COc1ccc(C2CC(=O)C3=C(C2)Nc2onc(C)c2C3c2ccc(OC)c(OC)c2)cc1OC. The van der Waals surface area contributed by atoms with Crippen LogP contribution in [0, 0.1) is 6.92 Å². The quantitative estimate of drug-likeness (QED) is 0.533. The molecule has 8 nitrogen and oxygen atoms in total. The third-order valence-corrected chi connectivity index (χ3v) is 6.88. The third kappa shape index (κ3) is 3.79. The summed E-state index contributed by atoms with van der Waals surface area (Å²) in [5.74, 6) is 2.87. The average molecular weight is 477 g/mol. The second-order valence-electron chi connectivity index (χ2n) is 8.72. The molecule has 0 saturated heterocycles. The lowest BCUT2D eigenvalue weighted by molar-refractivity contribution is -0.116. The van der Waals surface area contributed by atoms with Crippen molar-refractivity contribution in [2.45, 2.75) is 31.6 Å². The highest BCUT2D eigenvalue weighted by atomic mass is 16.5. The van der Waals surface area contributed by atoms with E-state index in [0.717, 1.165) is 33.7 Å². The number of methoxy groups -OCH3 is 4. The van der Waals surface area contributed by atoms with Crippen LogP contribution in [0.3, 0.4) is 0 Å². The van der Waals surface area contributed by atoms with Crippen LogP contribution in [0.1, 0.15) is 47.1 Å². The van der Waals surface area contributed by atoms with Crippen molar-refractivity contribution in [3.8, 4) is 23.0 Å². The highest BCUT2D eigenvalue weighted by Crippen LogP contribution is 2.50. The Morgan fingerprint density at radius 2 is 1.46 bits per heavy atom. The van der Waals surface area contributed by atoms with E-state index in [1.165, 1.54) is 0 Å². The molecule has 0 bridgehead atoms. The maximum atomic E-state index is 13.7. The number of carbonyl (C=O) groups is 1. The van der Waals surface area contributed by atoms with Crippen LogP contribution in [0.15, 0.2) is 52.2 Å². The van der Waals surface area contributed by atoms with Crippen LogP contribution in [-0.2, 0) is 4.79 Å². The second-order valence-corrected chi connectivity index (χ2v) is 8.72. The van der Waals surface area contributed by atoms with Gasteiger partial charge < -0.3 is 28.8 Å². The number of rotatable bonds is 6. The van der Waals surface area contributed by atoms with Crippen LogP contribution in [0.25, 0.3) is 0 Å². The van der Waals surface area contributed by atoms with E-state index in [1.807, 2.05) is 43.3 Å². The minimum atomic E-state index is -0.314. The van der Waals surface area contributed by atoms with Gasteiger partial charge in [-0.05, 0) is 54.7 Å². The van der Waals surface area contributed by atoms with E-state index < -0.39 is 0 Å². The van der Waals surface area contributed by atoms with Crippen LogP contribution in [-0.4, -0.2) is 39.4 Å². The molecule has 2 atom stereocenters. The Hall–Kier alpha value is -3.94. The normalized spacial score (nSPS) is 18.9. The number of Topliss-reactive ketones (excluding diaryl/α,β-unsaturated/α-hetero) is 1. The molecule has 5 rings (SSSR count). The fraction of sp³-hybridized carbons (Fsp3) is 0.333. The van der Waals surface area contributed by atoms with Gasteiger partial charge in [0.05, 0.1) is 39.7 Å². The Morgan fingerprint density at radius 3 is 2.09 bits per heavy atom. The zero-order valence-electron chi connectivity index (χ0n) is 20.4. The minimum Gasteiger partial charge on any atom is -0.493 e. The first-order chi connectivity index (χ1) is 17.0. The molecule has 2 unspecified atom stereocenters. The van der Waals surface area contributed by atoms with E-state index in [1.54, 1.807) is 28.4 Å². The Balaban J connectivity index is 1.59. The van der Waals surface area contributed by atoms with Gasteiger partial charge in [0, 0.05) is 23.6 Å². The van der Waals surface area contributed by atoms with E-state index in [4.69, 9.17) is 23.5 Å². The average Bonchev–Trinajstić information content (AvgIpc) is 3.26. The molecule has 182 valence electrons. The van der Waals surface area contributed by atoms with Crippen molar-refractivity contribution in [2.75, 3.05) is 33.8 Å². The third-order valence-electron chi connectivity index (χ3n) is 6.88. The lowest BCUT2D eigenvalue weighted by atomic mass is 9.72. The molecule has 1 N–H and O–H groups in total. The smallest absolute Gasteiger partial charge is 0.233 e. The fourth-order valence-electron chi connectivity index (χ4n) is 5.18.